The fourth-order valence-electron chi connectivity index (χ4n) is 3.87. The predicted molar refractivity (Wildman–Crippen MR) is 78.3 cm³/mol. The van der Waals surface area contributed by atoms with Gasteiger partial charge in [-0.15, -0.1) is 0 Å². The molecule has 1 aromatic rings. The first-order valence-corrected chi connectivity index (χ1v) is 7.99. The molecular weight excluding hydrogens is 266 g/mol. The number of carbonyl (C=O) groups is 1. The molecule has 1 aromatic carbocycles. The Labute approximate surface area is 125 Å². The van der Waals surface area contributed by atoms with Crippen molar-refractivity contribution in [1.82, 2.24) is 4.90 Å². The molecule has 4 rings (SSSR count). The maximum atomic E-state index is 12.9. The Morgan fingerprint density at radius 1 is 1.19 bits per heavy atom. The van der Waals surface area contributed by atoms with Crippen molar-refractivity contribution in [2.75, 3.05) is 13.2 Å². The SMILES string of the molecule is O=C([C@@H]1Cc2ccccc2O1)N1CCO[C@@H]2CCCC[C@@H]21. The van der Waals surface area contributed by atoms with E-state index in [1.165, 1.54) is 12.8 Å². The number of hydrogen-bond acceptors (Lipinski definition) is 3. The molecule has 0 aromatic heterocycles. The van der Waals surface area contributed by atoms with E-state index in [4.69, 9.17) is 9.47 Å². The maximum Gasteiger partial charge on any atom is 0.264 e. The monoisotopic (exact) mass is 287 g/mol. The molecule has 0 bridgehead atoms. The van der Waals surface area contributed by atoms with Crippen molar-refractivity contribution in [2.24, 2.45) is 0 Å². The van der Waals surface area contributed by atoms with Crippen molar-refractivity contribution in [2.45, 2.75) is 50.4 Å². The highest BCUT2D eigenvalue weighted by Crippen LogP contribution is 2.32. The van der Waals surface area contributed by atoms with E-state index >= 15 is 0 Å². The molecule has 1 saturated carbocycles. The molecular formula is C17H21NO3. The first-order chi connectivity index (χ1) is 10.3. The highest BCUT2D eigenvalue weighted by molar-refractivity contribution is 5.83. The molecule has 21 heavy (non-hydrogen) atoms. The molecule has 2 aliphatic heterocycles. The van der Waals surface area contributed by atoms with E-state index in [-0.39, 0.29) is 24.2 Å². The number of hydrogen-bond donors (Lipinski definition) is 0. The second-order valence-corrected chi connectivity index (χ2v) is 6.21. The van der Waals surface area contributed by atoms with Crippen LogP contribution in [0.1, 0.15) is 31.2 Å². The van der Waals surface area contributed by atoms with E-state index in [2.05, 4.69) is 0 Å². The average molecular weight is 287 g/mol. The molecule has 1 aliphatic carbocycles. The molecule has 0 unspecified atom stereocenters. The standard InChI is InChI=1S/C17H21NO3/c19-17(16-11-12-5-1-3-7-14(12)21-16)18-9-10-20-15-8-4-2-6-13(15)18/h1,3,5,7,13,15-16H,2,4,6,8-11H2/t13-,15+,16-/m0/s1. The van der Waals surface area contributed by atoms with E-state index in [1.54, 1.807) is 0 Å². The molecule has 0 spiro atoms. The number of morpholine rings is 1. The van der Waals surface area contributed by atoms with Gasteiger partial charge in [-0.2, -0.15) is 0 Å². The number of carbonyl (C=O) groups excluding carboxylic acids is 1. The lowest BCUT2D eigenvalue weighted by atomic mass is 9.89. The van der Waals surface area contributed by atoms with Crippen LogP contribution in [0.25, 0.3) is 0 Å². The molecule has 0 radical (unpaired) electrons. The van der Waals surface area contributed by atoms with Gasteiger partial charge in [-0.3, -0.25) is 4.79 Å². The van der Waals surface area contributed by atoms with Crippen molar-refractivity contribution < 1.29 is 14.3 Å². The molecule has 4 heteroatoms. The fraction of sp³-hybridized carbons (Fsp3) is 0.588. The van der Waals surface area contributed by atoms with Gasteiger partial charge >= 0.3 is 0 Å². The third kappa shape index (κ3) is 2.31. The molecule has 2 heterocycles. The van der Waals surface area contributed by atoms with Crippen LogP contribution < -0.4 is 4.74 Å². The summed E-state index contributed by atoms with van der Waals surface area (Å²) in [5.74, 6) is 1.01. The van der Waals surface area contributed by atoms with Gasteiger partial charge in [0, 0.05) is 13.0 Å². The molecule has 3 aliphatic rings. The summed E-state index contributed by atoms with van der Waals surface area (Å²) in [6, 6.07) is 8.21. The van der Waals surface area contributed by atoms with Crippen molar-refractivity contribution in [3.63, 3.8) is 0 Å². The van der Waals surface area contributed by atoms with E-state index < -0.39 is 0 Å². The van der Waals surface area contributed by atoms with Crippen molar-refractivity contribution in [3.05, 3.63) is 29.8 Å². The van der Waals surface area contributed by atoms with Crippen LogP contribution in [0.2, 0.25) is 0 Å². The zero-order valence-corrected chi connectivity index (χ0v) is 12.2. The summed E-state index contributed by atoms with van der Waals surface area (Å²) in [7, 11) is 0. The molecule has 3 atom stereocenters. The Hall–Kier alpha value is -1.55. The lowest BCUT2D eigenvalue weighted by Crippen LogP contribution is -2.57. The van der Waals surface area contributed by atoms with Gasteiger partial charge in [0.05, 0.1) is 18.8 Å². The summed E-state index contributed by atoms with van der Waals surface area (Å²) in [6.07, 6.45) is 5.15. The summed E-state index contributed by atoms with van der Waals surface area (Å²) in [5, 5.41) is 0. The number of benzene rings is 1. The molecule has 1 saturated heterocycles. The minimum atomic E-state index is -0.344. The lowest BCUT2D eigenvalue weighted by Gasteiger charge is -2.44. The van der Waals surface area contributed by atoms with Gasteiger partial charge in [0.1, 0.15) is 5.75 Å². The van der Waals surface area contributed by atoms with Gasteiger partial charge < -0.3 is 14.4 Å². The number of para-hydroxylation sites is 1. The van der Waals surface area contributed by atoms with E-state index in [0.29, 0.717) is 19.6 Å². The molecule has 112 valence electrons. The van der Waals surface area contributed by atoms with E-state index in [9.17, 15) is 4.79 Å². The summed E-state index contributed by atoms with van der Waals surface area (Å²) in [6.45, 7) is 1.36. The summed E-state index contributed by atoms with van der Waals surface area (Å²) in [5.41, 5.74) is 1.14. The maximum absolute atomic E-state index is 12.9. The van der Waals surface area contributed by atoms with Gasteiger partial charge in [0.2, 0.25) is 0 Å². The second kappa shape index (κ2) is 5.34. The second-order valence-electron chi connectivity index (χ2n) is 6.21. The van der Waals surface area contributed by atoms with Crippen LogP contribution in [0.4, 0.5) is 0 Å². The quantitative estimate of drug-likeness (QED) is 0.794. The van der Waals surface area contributed by atoms with Crippen LogP contribution in [0.5, 0.6) is 5.75 Å². The zero-order chi connectivity index (χ0) is 14.2. The minimum absolute atomic E-state index is 0.145. The topological polar surface area (TPSA) is 38.8 Å². The third-order valence-electron chi connectivity index (χ3n) is 4.94. The van der Waals surface area contributed by atoms with Crippen LogP contribution in [0.15, 0.2) is 24.3 Å². The molecule has 0 N–H and O–H groups in total. The Morgan fingerprint density at radius 2 is 2.05 bits per heavy atom. The Morgan fingerprint density at radius 3 is 2.95 bits per heavy atom. The van der Waals surface area contributed by atoms with Crippen LogP contribution in [-0.4, -0.2) is 42.2 Å². The van der Waals surface area contributed by atoms with Crippen LogP contribution >= 0.6 is 0 Å². The largest absolute Gasteiger partial charge is 0.480 e. The van der Waals surface area contributed by atoms with Crippen LogP contribution in [0, 0.1) is 0 Å². The highest BCUT2D eigenvalue weighted by atomic mass is 16.5. The molecule has 2 fully saturated rings. The normalized spacial score (nSPS) is 31.2. The number of amides is 1. The smallest absolute Gasteiger partial charge is 0.264 e. The molecule has 1 amide bonds. The number of nitrogens with zero attached hydrogens (tertiary/aromatic N) is 1. The summed E-state index contributed by atoms with van der Waals surface area (Å²) >= 11 is 0. The van der Waals surface area contributed by atoms with Crippen molar-refractivity contribution in [3.8, 4) is 5.75 Å². The minimum Gasteiger partial charge on any atom is -0.480 e. The first kappa shape index (κ1) is 13.1. The van der Waals surface area contributed by atoms with Crippen LogP contribution in [0.3, 0.4) is 0 Å². The highest BCUT2D eigenvalue weighted by Gasteiger charge is 2.41. The lowest BCUT2D eigenvalue weighted by molar-refractivity contribution is -0.155. The van der Waals surface area contributed by atoms with Gasteiger partial charge in [0.25, 0.3) is 5.91 Å². The van der Waals surface area contributed by atoms with Crippen LogP contribution in [-0.2, 0) is 16.0 Å². The average Bonchev–Trinajstić information content (AvgIpc) is 2.97. The fourth-order valence-corrected chi connectivity index (χ4v) is 3.87. The summed E-state index contributed by atoms with van der Waals surface area (Å²) in [4.78, 5) is 14.9. The van der Waals surface area contributed by atoms with Crippen molar-refractivity contribution in [1.29, 1.82) is 0 Å². The summed E-state index contributed by atoms with van der Waals surface area (Å²) < 4.78 is 11.7. The Kier molecular flexibility index (Phi) is 3.34. The number of ether oxygens (including phenoxy) is 2. The van der Waals surface area contributed by atoms with Gasteiger partial charge in [-0.25, -0.2) is 0 Å². The van der Waals surface area contributed by atoms with Gasteiger partial charge in [-0.1, -0.05) is 31.0 Å². The molecule has 4 nitrogen and oxygen atoms in total. The Balaban J connectivity index is 1.50. The first-order valence-electron chi connectivity index (χ1n) is 7.99. The number of fused-ring (bicyclic) bond motifs is 2. The third-order valence-corrected chi connectivity index (χ3v) is 4.94. The number of rotatable bonds is 1. The Bertz CT molecular complexity index is 518. The van der Waals surface area contributed by atoms with Gasteiger partial charge in [0.15, 0.2) is 6.10 Å². The zero-order valence-electron chi connectivity index (χ0n) is 12.2. The van der Waals surface area contributed by atoms with E-state index in [0.717, 1.165) is 24.2 Å². The van der Waals surface area contributed by atoms with Crippen molar-refractivity contribution >= 4 is 5.91 Å². The van der Waals surface area contributed by atoms with Gasteiger partial charge in [-0.05, 0) is 24.5 Å². The predicted octanol–water partition coefficient (Wildman–Crippen LogP) is 2.16. The van der Waals surface area contributed by atoms with E-state index in [1.807, 2.05) is 29.2 Å².